The van der Waals surface area contributed by atoms with Gasteiger partial charge < -0.3 is 10.1 Å². The van der Waals surface area contributed by atoms with Crippen LogP contribution in [0.1, 0.15) is 35.2 Å². The van der Waals surface area contributed by atoms with E-state index in [4.69, 9.17) is 4.74 Å². The summed E-state index contributed by atoms with van der Waals surface area (Å²) in [6.07, 6.45) is 0.733. The predicted octanol–water partition coefficient (Wildman–Crippen LogP) is 1.47. The lowest BCUT2D eigenvalue weighted by molar-refractivity contribution is -0.141. The van der Waals surface area contributed by atoms with Crippen LogP contribution in [0.3, 0.4) is 0 Å². The summed E-state index contributed by atoms with van der Waals surface area (Å²) >= 11 is 0. The average Bonchev–Trinajstić information content (AvgIpc) is 2.32. The van der Waals surface area contributed by atoms with E-state index in [2.05, 4.69) is 5.32 Å². The van der Waals surface area contributed by atoms with Crippen LogP contribution in [0.15, 0.2) is 24.3 Å². The second-order valence-electron chi connectivity index (χ2n) is 4.12. The number of hydrogen-bond acceptors (Lipinski definition) is 3. The maximum absolute atomic E-state index is 11.6. The van der Waals surface area contributed by atoms with Crippen LogP contribution in [0, 0.1) is 0 Å². The normalized spacial score (nSPS) is 18.2. The summed E-state index contributed by atoms with van der Waals surface area (Å²) in [4.78, 5) is 22.3. The standard InChI is InChI=1S/C13H15NO3/c1-9(15)17-7-6-10-8-14-13(16)12-5-3-2-4-11(10)12/h2-5,10H,6-8H2,1H3,(H,14,16)/t10-/m1/s1. The summed E-state index contributed by atoms with van der Waals surface area (Å²) in [5.74, 6) is -0.0642. The summed E-state index contributed by atoms with van der Waals surface area (Å²) < 4.78 is 4.93. The Bertz CT molecular complexity index is 442. The number of ether oxygens (including phenoxy) is 1. The number of nitrogens with one attached hydrogen (secondary N) is 1. The Morgan fingerprint density at radius 1 is 1.47 bits per heavy atom. The van der Waals surface area contributed by atoms with Crippen LogP contribution in [-0.2, 0) is 9.53 Å². The molecule has 0 aromatic heterocycles. The van der Waals surface area contributed by atoms with Crippen LogP contribution in [0.4, 0.5) is 0 Å². The zero-order chi connectivity index (χ0) is 12.3. The zero-order valence-electron chi connectivity index (χ0n) is 9.73. The average molecular weight is 233 g/mol. The Morgan fingerprint density at radius 2 is 2.24 bits per heavy atom. The van der Waals surface area contributed by atoms with E-state index in [1.54, 1.807) is 0 Å². The highest BCUT2D eigenvalue weighted by atomic mass is 16.5. The molecule has 4 nitrogen and oxygen atoms in total. The summed E-state index contributed by atoms with van der Waals surface area (Å²) in [6.45, 7) is 2.40. The van der Waals surface area contributed by atoms with Crippen molar-refractivity contribution in [3.8, 4) is 0 Å². The molecule has 0 saturated carbocycles. The third-order valence-corrected chi connectivity index (χ3v) is 2.93. The summed E-state index contributed by atoms with van der Waals surface area (Å²) in [5, 5.41) is 2.85. The Kier molecular flexibility index (Phi) is 3.42. The SMILES string of the molecule is CC(=O)OCC[C@@H]1CNC(=O)c2ccccc21. The number of rotatable bonds is 3. The van der Waals surface area contributed by atoms with Crippen molar-refractivity contribution in [3.05, 3.63) is 35.4 Å². The Hall–Kier alpha value is -1.84. The van der Waals surface area contributed by atoms with Crippen molar-refractivity contribution in [2.75, 3.05) is 13.2 Å². The quantitative estimate of drug-likeness (QED) is 0.804. The van der Waals surface area contributed by atoms with Gasteiger partial charge in [0.15, 0.2) is 0 Å². The van der Waals surface area contributed by atoms with E-state index in [9.17, 15) is 9.59 Å². The molecule has 0 bridgehead atoms. The fourth-order valence-corrected chi connectivity index (χ4v) is 2.08. The molecule has 4 heteroatoms. The predicted molar refractivity (Wildman–Crippen MR) is 62.8 cm³/mol. The molecule has 0 fully saturated rings. The number of hydrogen-bond donors (Lipinski definition) is 1. The number of fused-ring (bicyclic) bond motifs is 1. The molecule has 17 heavy (non-hydrogen) atoms. The lowest BCUT2D eigenvalue weighted by Crippen LogP contribution is -2.35. The molecule has 0 aliphatic carbocycles. The van der Waals surface area contributed by atoms with E-state index >= 15 is 0 Å². The minimum atomic E-state index is -0.266. The van der Waals surface area contributed by atoms with Gasteiger partial charge in [-0.25, -0.2) is 0 Å². The van der Waals surface area contributed by atoms with E-state index in [1.165, 1.54) is 6.92 Å². The Balaban J connectivity index is 2.08. The molecule has 0 spiro atoms. The van der Waals surface area contributed by atoms with Crippen molar-refractivity contribution < 1.29 is 14.3 Å². The topological polar surface area (TPSA) is 55.4 Å². The van der Waals surface area contributed by atoms with Crippen molar-refractivity contribution in [2.45, 2.75) is 19.3 Å². The minimum Gasteiger partial charge on any atom is -0.466 e. The summed E-state index contributed by atoms with van der Waals surface area (Å²) in [5.41, 5.74) is 1.77. The largest absolute Gasteiger partial charge is 0.466 e. The summed E-state index contributed by atoms with van der Waals surface area (Å²) in [6, 6.07) is 7.57. The Labute approximate surface area is 100.0 Å². The van der Waals surface area contributed by atoms with Gasteiger partial charge in [0.25, 0.3) is 5.91 Å². The highest BCUT2D eigenvalue weighted by Gasteiger charge is 2.24. The molecule has 0 radical (unpaired) electrons. The molecule has 0 unspecified atom stereocenters. The number of esters is 1. The van der Waals surface area contributed by atoms with Crippen LogP contribution in [-0.4, -0.2) is 25.0 Å². The van der Waals surface area contributed by atoms with Gasteiger partial charge in [0.1, 0.15) is 0 Å². The van der Waals surface area contributed by atoms with Gasteiger partial charge in [-0.1, -0.05) is 18.2 Å². The number of carbonyl (C=O) groups excluding carboxylic acids is 2. The van der Waals surface area contributed by atoms with Crippen molar-refractivity contribution in [3.63, 3.8) is 0 Å². The van der Waals surface area contributed by atoms with Gasteiger partial charge in [-0.3, -0.25) is 9.59 Å². The molecule has 1 aliphatic rings. The van der Waals surface area contributed by atoms with Gasteiger partial charge in [-0.2, -0.15) is 0 Å². The van der Waals surface area contributed by atoms with E-state index in [-0.39, 0.29) is 17.8 Å². The molecule has 1 heterocycles. The fraction of sp³-hybridized carbons (Fsp3) is 0.385. The van der Waals surface area contributed by atoms with Crippen LogP contribution in [0.2, 0.25) is 0 Å². The van der Waals surface area contributed by atoms with Gasteiger partial charge >= 0.3 is 5.97 Å². The molecule has 1 aromatic carbocycles. The van der Waals surface area contributed by atoms with Gasteiger partial charge in [0.2, 0.25) is 0 Å². The third-order valence-electron chi connectivity index (χ3n) is 2.93. The molecule has 90 valence electrons. The zero-order valence-corrected chi connectivity index (χ0v) is 9.73. The van der Waals surface area contributed by atoms with Gasteiger partial charge in [0.05, 0.1) is 6.61 Å². The molecule has 1 atom stereocenters. The maximum Gasteiger partial charge on any atom is 0.302 e. The minimum absolute atomic E-state index is 0.0238. The smallest absolute Gasteiger partial charge is 0.302 e. The van der Waals surface area contributed by atoms with E-state index in [0.29, 0.717) is 13.2 Å². The molecule has 1 amide bonds. The Morgan fingerprint density at radius 3 is 3.00 bits per heavy atom. The molecule has 2 rings (SSSR count). The third kappa shape index (κ3) is 2.64. The first-order chi connectivity index (χ1) is 8.18. The van der Waals surface area contributed by atoms with Crippen LogP contribution >= 0.6 is 0 Å². The number of carbonyl (C=O) groups is 2. The molecule has 1 N–H and O–H groups in total. The molecule has 1 aromatic rings. The first-order valence-corrected chi connectivity index (χ1v) is 5.69. The first kappa shape index (κ1) is 11.6. The van der Waals surface area contributed by atoms with E-state index in [0.717, 1.165) is 17.5 Å². The van der Waals surface area contributed by atoms with E-state index < -0.39 is 0 Å². The maximum atomic E-state index is 11.6. The van der Waals surface area contributed by atoms with Gasteiger partial charge in [-0.05, 0) is 18.1 Å². The number of amides is 1. The van der Waals surface area contributed by atoms with Gasteiger partial charge in [-0.15, -0.1) is 0 Å². The monoisotopic (exact) mass is 233 g/mol. The lowest BCUT2D eigenvalue weighted by Gasteiger charge is -2.25. The van der Waals surface area contributed by atoms with Crippen molar-refractivity contribution in [2.24, 2.45) is 0 Å². The highest BCUT2D eigenvalue weighted by Crippen LogP contribution is 2.26. The lowest BCUT2D eigenvalue weighted by atomic mass is 9.88. The summed E-state index contributed by atoms with van der Waals surface area (Å²) in [7, 11) is 0. The molecule has 1 aliphatic heterocycles. The molecule has 0 saturated heterocycles. The van der Waals surface area contributed by atoms with Crippen molar-refractivity contribution in [1.82, 2.24) is 5.32 Å². The first-order valence-electron chi connectivity index (χ1n) is 5.69. The fourth-order valence-electron chi connectivity index (χ4n) is 2.08. The molecular weight excluding hydrogens is 218 g/mol. The number of benzene rings is 1. The van der Waals surface area contributed by atoms with Crippen molar-refractivity contribution >= 4 is 11.9 Å². The second kappa shape index (κ2) is 4.99. The van der Waals surface area contributed by atoms with E-state index in [1.807, 2.05) is 24.3 Å². The molecular formula is C13H15NO3. The second-order valence-corrected chi connectivity index (χ2v) is 4.12. The van der Waals surface area contributed by atoms with Crippen LogP contribution in [0.5, 0.6) is 0 Å². The van der Waals surface area contributed by atoms with Gasteiger partial charge in [0, 0.05) is 24.9 Å². The highest BCUT2D eigenvalue weighted by molar-refractivity contribution is 5.97. The van der Waals surface area contributed by atoms with Crippen LogP contribution < -0.4 is 5.32 Å². The van der Waals surface area contributed by atoms with Crippen molar-refractivity contribution in [1.29, 1.82) is 0 Å². The van der Waals surface area contributed by atoms with Crippen LogP contribution in [0.25, 0.3) is 0 Å².